The lowest BCUT2D eigenvalue weighted by atomic mass is 9.98. The maximum absolute atomic E-state index is 6.31. The molecule has 0 spiro atoms. The first-order chi connectivity index (χ1) is 9.12. The number of benzene rings is 1. The topological polar surface area (TPSA) is 44.5 Å². The van der Waals surface area contributed by atoms with Gasteiger partial charge in [0, 0.05) is 11.1 Å². The van der Waals surface area contributed by atoms with Crippen LogP contribution in [0.1, 0.15) is 32.8 Å². The Hall–Kier alpha value is -0.930. The Kier molecular flexibility index (Phi) is 7.03. The average molecular weight is 286 g/mol. The second-order valence-corrected chi connectivity index (χ2v) is 5.05. The average Bonchev–Trinajstić information content (AvgIpc) is 2.35. The highest BCUT2D eigenvalue weighted by molar-refractivity contribution is 6.31. The Morgan fingerprint density at radius 3 is 2.26 bits per heavy atom. The normalized spacial score (nSPS) is 12.3. The van der Waals surface area contributed by atoms with Crippen LogP contribution in [-0.2, 0) is 6.42 Å². The van der Waals surface area contributed by atoms with E-state index in [9.17, 15) is 0 Å². The summed E-state index contributed by atoms with van der Waals surface area (Å²) >= 11 is 6.31. The van der Waals surface area contributed by atoms with Gasteiger partial charge in [0.2, 0.25) is 0 Å². The van der Waals surface area contributed by atoms with E-state index in [1.807, 2.05) is 26.0 Å². The van der Waals surface area contributed by atoms with E-state index in [2.05, 4.69) is 6.92 Å². The third-order valence-electron chi connectivity index (χ3n) is 2.94. The minimum Gasteiger partial charge on any atom is -0.490 e. The first-order valence-electron chi connectivity index (χ1n) is 6.90. The molecule has 1 atom stereocenters. The van der Waals surface area contributed by atoms with Crippen LogP contribution in [0.5, 0.6) is 11.5 Å². The van der Waals surface area contributed by atoms with Crippen LogP contribution < -0.4 is 15.2 Å². The van der Waals surface area contributed by atoms with Crippen LogP contribution in [0.15, 0.2) is 12.1 Å². The van der Waals surface area contributed by atoms with Gasteiger partial charge in [-0.05, 0) is 50.8 Å². The Morgan fingerprint density at radius 1 is 1.16 bits per heavy atom. The van der Waals surface area contributed by atoms with Gasteiger partial charge >= 0.3 is 0 Å². The van der Waals surface area contributed by atoms with Crippen molar-refractivity contribution in [1.82, 2.24) is 0 Å². The van der Waals surface area contributed by atoms with E-state index in [4.69, 9.17) is 26.8 Å². The predicted molar refractivity (Wildman–Crippen MR) is 80.3 cm³/mol. The Balaban J connectivity index is 2.95. The first-order valence-corrected chi connectivity index (χ1v) is 7.28. The molecule has 1 aromatic rings. The molecule has 4 heteroatoms. The van der Waals surface area contributed by atoms with Gasteiger partial charge in [-0.15, -0.1) is 0 Å². The van der Waals surface area contributed by atoms with Gasteiger partial charge in [0.1, 0.15) is 0 Å². The van der Waals surface area contributed by atoms with Gasteiger partial charge in [-0.3, -0.25) is 0 Å². The summed E-state index contributed by atoms with van der Waals surface area (Å²) in [7, 11) is 0. The van der Waals surface area contributed by atoms with Gasteiger partial charge in [0.25, 0.3) is 0 Å². The molecule has 0 heterocycles. The highest BCUT2D eigenvalue weighted by atomic mass is 35.5. The predicted octanol–water partition coefficient (Wildman–Crippen LogP) is 3.66. The molecule has 3 nitrogen and oxygen atoms in total. The molecule has 0 fully saturated rings. The van der Waals surface area contributed by atoms with Crippen LogP contribution in [0, 0.1) is 5.92 Å². The van der Waals surface area contributed by atoms with Crippen LogP contribution in [-0.4, -0.2) is 19.8 Å². The summed E-state index contributed by atoms with van der Waals surface area (Å²) in [4.78, 5) is 0. The molecule has 0 aliphatic carbocycles. The van der Waals surface area contributed by atoms with E-state index in [0.717, 1.165) is 29.2 Å². The maximum Gasteiger partial charge on any atom is 0.162 e. The molecule has 19 heavy (non-hydrogen) atoms. The molecule has 0 aliphatic heterocycles. The molecule has 0 bridgehead atoms. The molecule has 1 unspecified atom stereocenters. The zero-order chi connectivity index (χ0) is 14.3. The molecule has 0 amide bonds. The molecular weight excluding hydrogens is 262 g/mol. The molecule has 2 N–H and O–H groups in total. The number of hydrogen-bond acceptors (Lipinski definition) is 3. The minimum absolute atomic E-state index is 0.509. The lowest BCUT2D eigenvalue weighted by Gasteiger charge is -2.16. The van der Waals surface area contributed by atoms with Crippen molar-refractivity contribution in [3.05, 3.63) is 22.7 Å². The number of ether oxygens (including phenoxy) is 2. The Morgan fingerprint density at radius 2 is 1.74 bits per heavy atom. The van der Waals surface area contributed by atoms with E-state index in [-0.39, 0.29) is 0 Å². The molecule has 0 aliphatic rings. The molecule has 108 valence electrons. The lowest BCUT2D eigenvalue weighted by Crippen LogP contribution is -2.09. The Labute approximate surface area is 121 Å². The van der Waals surface area contributed by atoms with Crippen molar-refractivity contribution >= 4 is 11.6 Å². The largest absolute Gasteiger partial charge is 0.490 e. The monoisotopic (exact) mass is 285 g/mol. The maximum atomic E-state index is 6.31. The number of nitrogens with two attached hydrogens (primary N) is 1. The standard InChI is InChI=1S/C15H24ClNO2/c1-4-18-14-9-12(8-11(3)6-7-17)13(16)10-15(14)19-5-2/h9-11H,4-8,17H2,1-3H3. The third-order valence-corrected chi connectivity index (χ3v) is 3.29. The highest BCUT2D eigenvalue weighted by Gasteiger charge is 2.13. The summed E-state index contributed by atoms with van der Waals surface area (Å²) in [6.45, 7) is 7.99. The van der Waals surface area contributed by atoms with E-state index >= 15 is 0 Å². The number of halogens is 1. The van der Waals surface area contributed by atoms with Crippen molar-refractivity contribution in [2.75, 3.05) is 19.8 Å². The van der Waals surface area contributed by atoms with E-state index in [1.165, 1.54) is 0 Å². The van der Waals surface area contributed by atoms with Gasteiger partial charge in [0.15, 0.2) is 11.5 Å². The summed E-state index contributed by atoms with van der Waals surface area (Å²) in [5, 5.41) is 0.732. The number of rotatable bonds is 8. The number of hydrogen-bond donors (Lipinski definition) is 1. The van der Waals surface area contributed by atoms with Crippen molar-refractivity contribution < 1.29 is 9.47 Å². The molecule has 1 rings (SSSR count). The van der Waals surface area contributed by atoms with Crippen molar-refractivity contribution in [2.24, 2.45) is 11.7 Å². The van der Waals surface area contributed by atoms with E-state index in [1.54, 1.807) is 0 Å². The van der Waals surface area contributed by atoms with Crippen LogP contribution in [0.2, 0.25) is 5.02 Å². The van der Waals surface area contributed by atoms with E-state index in [0.29, 0.717) is 31.4 Å². The molecule has 0 radical (unpaired) electrons. The van der Waals surface area contributed by atoms with Crippen molar-refractivity contribution in [2.45, 2.75) is 33.6 Å². The van der Waals surface area contributed by atoms with Gasteiger partial charge in [-0.25, -0.2) is 0 Å². The smallest absolute Gasteiger partial charge is 0.162 e. The second kappa shape index (κ2) is 8.28. The van der Waals surface area contributed by atoms with Gasteiger partial charge < -0.3 is 15.2 Å². The second-order valence-electron chi connectivity index (χ2n) is 4.64. The van der Waals surface area contributed by atoms with Crippen LogP contribution in [0.4, 0.5) is 0 Å². The fraction of sp³-hybridized carbons (Fsp3) is 0.600. The van der Waals surface area contributed by atoms with Crippen molar-refractivity contribution in [3.63, 3.8) is 0 Å². The highest BCUT2D eigenvalue weighted by Crippen LogP contribution is 2.34. The van der Waals surface area contributed by atoms with Crippen molar-refractivity contribution in [3.8, 4) is 11.5 Å². The molecule has 0 saturated heterocycles. The molecule has 1 aromatic carbocycles. The summed E-state index contributed by atoms with van der Waals surface area (Å²) in [5.74, 6) is 1.99. The fourth-order valence-electron chi connectivity index (χ4n) is 2.03. The first kappa shape index (κ1) is 16.1. The van der Waals surface area contributed by atoms with Crippen LogP contribution in [0.3, 0.4) is 0 Å². The Bertz CT molecular complexity index is 396. The molecule has 0 saturated carbocycles. The summed E-state index contributed by atoms with van der Waals surface area (Å²) in [6.07, 6.45) is 1.90. The van der Waals surface area contributed by atoms with Gasteiger partial charge in [0.05, 0.1) is 13.2 Å². The van der Waals surface area contributed by atoms with Crippen molar-refractivity contribution in [1.29, 1.82) is 0 Å². The van der Waals surface area contributed by atoms with Gasteiger partial charge in [-0.1, -0.05) is 18.5 Å². The van der Waals surface area contributed by atoms with E-state index < -0.39 is 0 Å². The summed E-state index contributed by atoms with van der Waals surface area (Å²) in [6, 6.07) is 3.84. The van der Waals surface area contributed by atoms with Crippen LogP contribution in [0.25, 0.3) is 0 Å². The SMILES string of the molecule is CCOc1cc(Cl)c(CC(C)CCN)cc1OCC. The summed E-state index contributed by atoms with van der Waals surface area (Å²) in [5.41, 5.74) is 6.68. The quantitative estimate of drug-likeness (QED) is 0.793. The zero-order valence-corrected chi connectivity index (χ0v) is 12.8. The third kappa shape index (κ3) is 4.92. The zero-order valence-electron chi connectivity index (χ0n) is 12.0. The minimum atomic E-state index is 0.509. The van der Waals surface area contributed by atoms with Crippen LogP contribution >= 0.6 is 11.6 Å². The molecular formula is C15H24ClNO2. The van der Waals surface area contributed by atoms with Gasteiger partial charge in [-0.2, -0.15) is 0 Å². The lowest BCUT2D eigenvalue weighted by molar-refractivity contribution is 0.287. The fourth-order valence-corrected chi connectivity index (χ4v) is 2.26. The summed E-state index contributed by atoms with van der Waals surface area (Å²) < 4.78 is 11.2. The molecule has 0 aromatic heterocycles.